The molecule has 0 atom stereocenters. The zero-order valence-corrected chi connectivity index (χ0v) is 17.9. The van der Waals surface area contributed by atoms with Crippen LogP contribution in [0.15, 0.2) is 35.7 Å². The molecule has 0 radical (unpaired) electrons. The summed E-state index contributed by atoms with van der Waals surface area (Å²) in [4.78, 5) is 24.4. The standard InChI is InChI=1S/C22H24F3NO4S/c1-29-20(27)11-4-14-2-7-17(8-3-14)26-21(28)19-12-16(13-31-19)15-5-9-18(10-6-15)30-22(23,24)25/h5-6,9-10,12-14,17H,2-4,7-8,11H2,1H3,(H,26,28)/t14-,17-. The molecular weight excluding hydrogens is 431 g/mol. The number of ether oxygens (including phenoxy) is 2. The molecule has 0 unspecified atom stereocenters. The second kappa shape index (κ2) is 10.2. The third-order valence-corrected chi connectivity index (χ3v) is 6.34. The van der Waals surface area contributed by atoms with Gasteiger partial charge in [0.1, 0.15) is 5.75 Å². The first kappa shape index (κ1) is 23.1. The van der Waals surface area contributed by atoms with Crippen LogP contribution < -0.4 is 10.1 Å². The van der Waals surface area contributed by atoms with Crippen LogP contribution in [0.5, 0.6) is 5.75 Å². The highest BCUT2D eigenvalue weighted by molar-refractivity contribution is 7.12. The summed E-state index contributed by atoms with van der Waals surface area (Å²) >= 11 is 1.29. The average Bonchev–Trinajstić information content (AvgIpc) is 3.23. The van der Waals surface area contributed by atoms with Crippen molar-refractivity contribution >= 4 is 23.2 Å². The molecule has 1 aliphatic carbocycles. The van der Waals surface area contributed by atoms with Crippen LogP contribution in [0.3, 0.4) is 0 Å². The van der Waals surface area contributed by atoms with Gasteiger partial charge >= 0.3 is 12.3 Å². The van der Waals surface area contributed by atoms with E-state index < -0.39 is 6.36 Å². The summed E-state index contributed by atoms with van der Waals surface area (Å²) in [7, 11) is 1.39. The predicted molar refractivity (Wildman–Crippen MR) is 111 cm³/mol. The van der Waals surface area contributed by atoms with Crippen LogP contribution in [0.25, 0.3) is 11.1 Å². The van der Waals surface area contributed by atoms with Gasteiger partial charge in [-0.1, -0.05) is 12.1 Å². The Morgan fingerprint density at radius 2 is 1.77 bits per heavy atom. The van der Waals surface area contributed by atoms with Gasteiger partial charge in [0, 0.05) is 12.5 Å². The van der Waals surface area contributed by atoms with Crippen molar-refractivity contribution in [1.29, 1.82) is 0 Å². The van der Waals surface area contributed by atoms with E-state index in [1.54, 1.807) is 11.4 Å². The van der Waals surface area contributed by atoms with Crippen molar-refractivity contribution in [3.05, 3.63) is 40.6 Å². The summed E-state index contributed by atoms with van der Waals surface area (Å²) in [5.74, 6) is -0.144. The second-order valence-electron chi connectivity index (χ2n) is 7.58. The molecular formula is C22H24F3NO4S. The monoisotopic (exact) mass is 455 g/mol. The maximum atomic E-state index is 12.6. The van der Waals surface area contributed by atoms with Crippen molar-refractivity contribution in [3.63, 3.8) is 0 Å². The molecule has 0 spiro atoms. The van der Waals surface area contributed by atoms with Crippen LogP contribution in [0.1, 0.15) is 48.2 Å². The van der Waals surface area contributed by atoms with E-state index in [1.807, 2.05) is 0 Å². The molecule has 1 N–H and O–H groups in total. The molecule has 1 aliphatic rings. The van der Waals surface area contributed by atoms with Crippen LogP contribution in [0, 0.1) is 5.92 Å². The Balaban J connectivity index is 1.50. The molecule has 2 aromatic rings. The lowest BCUT2D eigenvalue weighted by atomic mass is 9.83. The van der Waals surface area contributed by atoms with Crippen molar-refractivity contribution in [2.24, 2.45) is 5.92 Å². The molecule has 0 aliphatic heterocycles. The molecule has 3 rings (SSSR count). The van der Waals surface area contributed by atoms with Gasteiger partial charge in [0.15, 0.2) is 0 Å². The van der Waals surface area contributed by atoms with Gasteiger partial charge in [-0.05, 0) is 72.7 Å². The minimum Gasteiger partial charge on any atom is -0.469 e. The number of benzene rings is 1. The maximum absolute atomic E-state index is 12.6. The van der Waals surface area contributed by atoms with Gasteiger partial charge in [0.05, 0.1) is 12.0 Å². The van der Waals surface area contributed by atoms with Gasteiger partial charge < -0.3 is 14.8 Å². The van der Waals surface area contributed by atoms with E-state index in [1.165, 1.54) is 42.7 Å². The number of nitrogens with one attached hydrogen (secondary N) is 1. The fourth-order valence-corrected chi connectivity index (χ4v) is 4.55. The number of esters is 1. The zero-order valence-electron chi connectivity index (χ0n) is 17.0. The quantitative estimate of drug-likeness (QED) is 0.556. The minimum absolute atomic E-state index is 0.103. The SMILES string of the molecule is COC(=O)CC[C@H]1CC[C@H](NC(=O)c2cc(-c3ccc(OC(F)(F)F)cc3)cs2)CC1. The lowest BCUT2D eigenvalue weighted by Gasteiger charge is -2.28. The van der Waals surface area contributed by atoms with Crippen molar-refractivity contribution in [2.75, 3.05) is 7.11 Å². The molecule has 0 saturated heterocycles. The number of rotatable bonds is 7. The Labute approximate surface area is 182 Å². The second-order valence-corrected chi connectivity index (χ2v) is 8.49. The molecule has 9 heteroatoms. The van der Waals surface area contributed by atoms with E-state index in [0.29, 0.717) is 22.8 Å². The number of alkyl halides is 3. The van der Waals surface area contributed by atoms with E-state index in [0.717, 1.165) is 37.7 Å². The number of carbonyl (C=O) groups is 2. The van der Waals surface area contributed by atoms with Gasteiger partial charge in [-0.2, -0.15) is 0 Å². The number of amides is 1. The van der Waals surface area contributed by atoms with E-state index in [4.69, 9.17) is 0 Å². The topological polar surface area (TPSA) is 64.6 Å². The normalized spacial score (nSPS) is 19.0. The van der Waals surface area contributed by atoms with Gasteiger partial charge in [0.25, 0.3) is 5.91 Å². The van der Waals surface area contributed by atoms with Crippen molar-refractivity contribution < 1.29 is 32.2 Å². The van der Waals surface area contributed by atoms with Crippen molar-refractivity contribution in [2.45, 2.75) is 50.9 Å². The summed E-state index contributed by atoms with van der Waals surface area (Å²) in [6.07, 6.45) is 0.185. The predicted octanol–water partition coefficient (Wildman–Crippen LogP) is 5.56. The van der Waals surface area contributed by atoms with Crippen LogP contribution in [-0.4, -0.2) is 31.4 Å². The molecule has 1 aromatic heterocycles. The Morgan fingerprint density at radius 1 is 1.10 bits per heavy atom. The lowest BCUT2D eigenvalue weighted by molar-refractivity contribution is -0.274. The third-order valence-electron chi connectivity index (χ3n) is 5.41. The first-order chi connectivity index (χ1) is 14.7. The van der Waals surface area contributed by atoms with E-state index in [2.05, 4.69) is 14.8 Å². The molecule has 1 heterocycles. The van der Waals surface area contributed by atoms with Crippen LogP contribution in [0.4, 0.5) is 13.2 Å². The third kappa shape index (κ3) is 6.99. The maximum Gasteiger partial charge on any atom is 0.573 e. The van der Waals surface area contributed by atoms with Gasteiger partial charge in [-0.25, -0.2) is 0 Å². The summed E-state index contributed by atoms with van der Waals surface area (Å²) in [6.45, 7) is 0. The molecule has 1 fully saturated rings. The largest absolute Gasteiger partial charge is 0.573 e. The van der Waals surface area contributed by atoms with E-state index in [-0.39, 0.29) is 23.7 Å². The molecule has 1 amide bonds. The van der Waals surface area contributed by atoms with E-state index >= 15 is 0 Å². The van der Waals surface area contributed by atoms with Gasteiger partial charge in [-0.15, -0.1) is 24.5 Å². The zero-order chi connectivity index (χ0) is 22.4. The molecule has 1 saturated carbocycles. The lowest BCUT2D eigenvalue weighted by Crippen LogP contribution is -2.37. The highest BCUT2D eigenvalue weighted by atomic mass is 32.1. The highest BCUT2D eigenvalue weighted by Crippen LogP contribution is 2.31. The number of hydrogen-bond acceptors (Lipinski definition) is 5. The highest BCUT2D eigenvalue weighted by Gasteiger charge is 2.31. The number of carbonyl (C=O) groups excluding carboxylic acids is 2. The Hall–Kier alpha value is -2.55. The van der Waals surface area contributed by atoms with Crippen LogP contribution in [0.2, 0.25) is 0 Å². The summed E-state index contributed by atoms with van der Waals surface area (Å²) in [5, 5.41) is 4.87. The molecule has 0 bridgehead atoms. The van der Waals surface area contributed by atoms with Crippen LogP contribution in [-0.2, 0) is 9.53 Å². The first-order valence-electron chi connectivity index (χ1n) is 10.1. The van der Waals surface area contributed by atoms with Crippen molar-refractivity contribution in [3.8, 4) is 16.9 Å². The summed E-state index contributed by atoms with van der Waals surface area (Å²) in [6, 6.07) is 7.39. The smallest absolute Gasteiger partial charge is 0.469 e. The fourth-order valence-electron chi connectivity index (χ4n) is 3.73. The van der Waals surface area contributed by atoms with Gasteiger partial charge in [-0.3, -0.25) is 9.59 Å². The number of thiophene rings is 1. The average molecular weight is 455 g/mol. The Bertz CT molecular complexity index is 887. The molecule has 168 valence electrons. The molecule has 5 nitrogen and oxygen atoms in total. The van der Waals surface area contributed by atoms with Gasteiger partial charge in [0.2, 0.25) is 0 Å². The minimum atomic E-state index is -4.73. The first-order valence-corrected chi connectivity index (χ1v) is 10.9. The molecule has 31 heavy (non-hydrogen) atoms. The Morgan fingerprint density at radius 3 is 2.39 bits per heavy atom. The number of hydrogen-bond donors (Lipinski definition) is 1. The fraction of sp³-hybridized carbons (Fsp3) is 0.455. The number of methoxy groups -OCH3 is 1. The van der Waals surface area contributed by atoms with Crippen molar-refractivity contribution in [1.82, 2.24) is 5.32 Å². The Kier molecular flexibility index (Phi) is 7.59. The molecule has 1 aromatic carbocycles. The number of halogens is 3. The van der Waals surface area contributed by atoms with Crippen LogP contribution >= 0.6 is 11.3 Å². The van der Waals surface area contributed by atoms with E-state index in [9.17, 15) is 22.8 Å². The summed E-state index contributed by atoms with van der Waals surface area (Å²) in [5.41, 5.74) is 1.47. The summed E-state index contributed by atoms with van der Waals surface area (Å²) < 4.78 is 45.4.